The molecule has 0 atom stereocenters. The molecule has 2 aromatic carbocycles. The Labute approximate surface area is 140 Å². The molecule has 0 aliphatic heterocycles. The molecule has 0 radical (unpaired) electrons. The van der Waals surface area contributed by atoms with Crippen molar-refractivity contribution in [3.05, 3.63) is 66.0 Å². The van der Waals surface area contributed by atoms with Crippen LogP contribution in [-0.2, 0) is 4.79 Å². The molecule has 128 valence electrons. The summed E-state index contributed by atoms with van der Waals surface area (Å²) in [6, 6.07) is 9.82. The molecule has 1 heterocycles. The van der Waals surface area contributed by atoms with E-state index in [4.69, 9.17) is 9.26 Å². The van der Waals surface area contributed by atoms with Crippen LogP contribution < -0.4 is 10.1 Å². The fraction of sp³-hybridized carbons (Fsp3) is 0.0588. The van der Waals surface area contributed by atoms with Crippen LogP contribution in [0.1, 0.15) is 0 Å². The zero-order valence-electron chi connectivity index (χ0n) is 12.6. The number of rotatable bonds is 5. The highest BCUT2D eigenvalue weighted by atomic mass is 19.2. The van der Waals surface area contributed by atoms with E-state index in [1.807, 2.05) is 0 Å². The fourth-order valence-electron chi connectivity index (χ4n) is 1.98. The lowest BCUT2D eigenvalue weighted by Gasteiger charge is -2.05. The van der Waals surface area contributed by atoms with Crippen LogP contribution in [0.15, 0.2) is 53.1 Å². The van der Waals surface area contributed by atoms with Gasteiger partial charge in [0.05, 0.1) is 0 Å². The van der Waals surface area contributed by atoms with Gasteiger partial charge in [-0.25, -0.2) is 13.2 Å². The maximum absolute atomic E-state index is 13.2. The summed E-state index contributed by atoms with van der Waals surface area (Å²) in [4.78, 5) is 11.8. The number of nitrogens with one attached hydrogen (secondary N) is 1. The molecular formula is C17H11F3N2O3. The monoisotopic (exact) mass is 348 g/mol. The Morgan fingerprint density at radius 3 is 2.52 bits per heavy atom. The van der Waals surface area contributed by atoms with Gasteiger partial charge in [-0.05, 0) is 42.5 Å². The van der Waals surface area contributed by atoms with Crippen molar-refractivity contribution in [2.75, 3.05) is 11.9 Å². The molecule has 0 saturated heterocycles. The standard InChI is InChI=1S/C17H11F3N2O3/c18-11-2-4-12(5-3-11)24-9-16(23)21-17-8-15(22-25-17)10-1-6-13(19)14(20)7-10/h1-8H,9H2,(H,21,23). The summed E-state index contributed by atoms with van der Waals surface area (Å²) in [7, 11) is 0. The van der Waals surface area contributed by atoms with Crippen molar-refractivity contribution >= 4 is 11.8 Å². The number of carbonyl (C=O) groups is 1. The van der Waals surface area contributed by atoms with Crippen molar-refractivity contribution in [3.8, 4) is 17.0 Å². The van der Waals surface area contributed by atoms with Gasteiger partial charge < -0.3 is 9.26 Å². The number of benzene rings is 2. The molecule has 1 amide bonds. The highest BCUT2D eigenvalue weighted by Gasteiger charge is 2.12. The molecule has 0 spiro atoms. The van der Waals surface area contributed by atoms with Gasteiger partial charge in [0.25, 0.3) is 5.91 Å². The lowest BCUT2D eigenvalue weighted by Crippen LogP contribution is -2.19. The van der Waals surface area contributed by atoms with Crippen molar-refractivity contribution in [2.24, 2.45) is 0 Å². The van der Waals surface area contributed by atoms with Gasteiger partial charge in [-0.2, -0.15) is 0 Å². The molecule has 0 saturated carbocycles. The Balaban J connectivity index is 1.59. The second-order valence-corrected chi connectivity index (χ2v) is 5.00. The first-order valence-corrected chi connectivity index (χ1v) is 7.11. The summed E-state index contributed by atoms with van der Waals surface area (Å²) >= 11 is 0. The SMILES string of the molecule is O=C(COc1ccc(F)cc1)Nc1cc(-c2ccc(F)c(F)c2)no1. The largest absolute Gasteiger partial charge is 0.484 e. The van der Waals surface area contributed by atoms with Crippen molar-refractivity contribution in [1.82, 2.24) is 5.16 Å². The van der Waals surface area contributed by atoms with Gasteiger partial charge in [-0.3, -0.25) is 10.1 Å². The van der Waals surface area contributed by atoms with Gasteiger partial charge in [0.1, 0.15) is 17.3 Å². The third-order valence-corrected chi connectivity index (χ3v) is 3.17. The Kier molecular flexibility index (Phi) is 4.69. The average Bonchev–Trinajstić information content (AvgIpc) is 3.05. The van der Waals surface area contributed by atoms with E-state index in [1.54, 1.807) is 0 Å². The van der Waals surface area contributed by atoms with E-state index >= 15 is 0 Å². The van der Waals surface area contributed by atoms with Crippen LogP contribution in [0.4, 0.5) is 19.1 Å². The van der Waals surface area contributed by atoms with Crippen LogP contribution >= 0.6 is 0 Å². The number of ether oxygens (including phenoxy) is 1. The first-order chi connectivity index (χ1) is 12.0. The van der Waals surface area contributed by atoms with Crippen molar-refractivity contribution in [3.63, 3.8) is 0 Å². The van der Waals surface area contributed by atoms with Crippen LogP contribution in [0.3, 0.4) is 0 Å². The lowest BCUT2D eigenvalue weighted by atomic mass is 10.1. The molecule has 0 fully saturated rings. The van der Waals surface area contributed by atoms with Gasteiger partial charge in [-0.1, -0.05) is 5.16 Å². The minimum atomic E-state index is -1.02. The fourth-order valence-corrected chi connectivity index (χ4v) is 1.98. The van der Waals surface area contributed by atoms with Gasteiger partial charge >= 0.3 is 0 Å². The zero-order chi connectivity index (χ0) is 17.8. The number of hydrogen-bond donors (Lipinski definition) is 1. The van der Waals surface area contributed by atoms with Gasteiger partial charge in [0.2, 0.25) is 5.88 Å². The van der Waals surface area contributed by atoms with Gasteiger partial charge in [0, 0.05) is 11.6 Å². The van der Waals surface area contributed by atoms with E-state index in [0.717, 1.165) is 12.1 Å². The van der Waals surface area contributed by atoms with Crippen LogP contribution in [0.2, 0.25) is 0 Å². The molecule has 3 rings (SSSR count). The highest BCUT2D eigenvalue weighted by molar-refractivity contribution is 5.91. The zero-order valence-corrected chi connectivity index (χ0v) is 12.6. The lowest BCUT2D eigenvalue weighted by molar-refractivity contribution is -0.118. The number of anilines is 1. The summed E-state index contributed by atoms with van der Waals surface area (Å²) in [6.07, 6.45) is 0. The Morgan fingerprint density at radius 2 is 1.80 bits per heavy atom. The van der Waals surface area contributed by atoms with Crippen LogP contribution in [0.25, 0.3) is 11.3 Å². The van der Waals surface area contributed by atoms with E-state index in [2.05, 4.69) is 10.5 Å². The molecule has 3 aromatic rings. The highest BCUT2D eigenvalue weighted by Crippen LogP contribution is 2.23. The maximum atomic E-state index is 13.2. The first-order valence-electron chi connectivity index (χ1n) is 7.11. The number of nitrogens with zero attached hydrogens (tertiary/aromatic N) is 1. The third kappa shape index (κ3) is 4.17. The molecule has 1 aromatic heterocycles. The van der Waals surface area contributed by atoms with Crippen molar-refractivity contribution in [2.45, 2.75) is 0 Å². The maximum Gasteiger partial charge on any atom is 0.264 e. The molecule has 0 unspecified atom stereocenters. The smallest absolute Gasteiger partial charge is 0.264 e. The minimum Gasteiger partial charge on any atom is -0.484 e. The van der Waals surface area contributed by atoms with E-state index in [0.29, 0.717) is 11.3 Å². The summed E-state index contributed by atoms with van der Waals surface area (Å²) in [6.45, 7) is -0.327. The molecule has 25 heavy (non-hydrogen) atoms. The van der Waals surface area contributed by atoms with Crippen LogP contribution in [-0.4, -0.2) is 17.7 Å². The predicted molar refractivity (Wildman–Crippen MR) is 82.4 cm³/mol. The number of carbonyl (C=O) groups excluding carboxylic acids is 1. The Morgan fingerprint density at radius 1 is 1.04 bits per heavy atom. The van der Waals surface area contributed by atoms with Crippen LogP contribution in [0.5, 0.6) is 5.75 Å². The number of aromatic nitrogens is 1. The number of amides is 1. The second kappa shape index (κ2) is 7.08. The number of hydrogen-bond acceptors (Lipinski definition) is 4. The second-order valence-electron chi connectivity index (χ2n) is 5.00. The minimum absolute atomic E-state index is 0.0208. The molecule has 0 aliphatic rings. The van der Waals surface area contributed by atoms with Gasteiger partial charge in [0.15, 0.2) is 18.2 Å². The normalized spacial score (nSPS) is 10.5. The topological polar surface area (TPSA) is 64.4 Å². The van der Waals surface area contributed by atoms with E-state index < -0.39 is 23.4 Å². The van der Waals surface area contributed by atoms with E-state index in [-0.39, 0.29) is 18.2 Å². The molecule has 0 bridgehead atoms. The van der Waals surface area contributed by atoms with Crippen molar-refractivity contribution in [1.29, 1.82) is 0 Å². The predicted octanol–water partition coefficient (Wildman–Crippen LogP) is 3.78. The summed E-state index contributed by atoms with van der Waals surface area (Å²) in [5.74, 6) is -2.58. The van der Waals surface area contributed by atoms with Crippen molar-refractivity contribution < 1.29 is 27.2 Å². The summed E-state index contributed by atoms with van der Waals surface area (Å²) < 4.78 is 49.0. The number of halogens is 3. The van der Waals surface area contributed by atoms with E-state index in [1.165, 1.54) is 36.4 Å². The average molecular weight is 348 g/mol. The Hall–Kier alpha value is -3.29. The first kappa shape index (κ1) is 16.6. The molecule has 0 aliphatic carbocycles. The molecule has 8 heteroatoms. The third-order valence-electron chi connectivity index (χ3n) is 3.17. The summed E-state index contributed by atoms with van der Waals surface area (Å²) in [5, 5.41) is 6.08. The van der Waals surface area contributed by atoms with Gasteiger partial charge in [-0.15, -0.1) is 0 Å². The van der Waals surface area contributed by atoms with Crippen LogP contribution in [0, 0.1) is 17.5 Å². The molecule has 5 nitrogen and oxygen atoms in total. The summed E-state index contributed by atoms with van der Waals surface area (Å²) in [5.41, 5.74) is 0.527. The Bertz CT molecular complexity index is 894. The van der Waals surface area contributed by atoms with E-state index in [9.17, 15) is 18.0 Å². The quantitative estimate of drug-likeness (QED) is 0.762. The molecular weight excluding hydrogens is 337 g/mol. The molecule has 1 N–H and O–H groups in total.